The van der Waals surface area contributed by atoms with E-state index in [1.807, 2.05) is 18.2 Å². The van der Waals surface area contributed by atoms with Gasteiger partial charge in [0.25, 0.3) is 0 Å². The van der Waals surface area contributed by atoms with Crippen LogP contribution in [0.3, 0.4) is 0 Å². The van der Waals surface area contributed by atoms with Crippen LogP contribution >= 0.6 is 15.9 Å². The van der Waals surface area contributed by atoms with Crippen molar-refractivity contribution in [3.8, 4) is 5.75 Å². The molecule has 3 heteroatoms. The average Bonchev–Trinajstić information content (AvgIpc) is 2.52. The first-order valence-electron chi connectivity index (χ1n) is 7.36. The Bertz CT molecular complexity index is 571. The predicted octanol–water partition coefficient (Wildman–Crippen LogP) is 4.74. The number of rotatable bonds is 7. The van der Waals surface area contributed by atoms with Crippen LogP contribution in [0, 0.1) is 0 Å². The van der Waals surface area contributed by atoms with Gasteiger partial charge in [0, 0.05) is 10.5 Å². The fraction of sp³-hybridized carbons (Fsp3) is 0.333. The van der Waals surface area contributed by atoms with Gasteiger partial charge in [0.15, 0.2) is 0 Å². The second-order valence-electron chi connectivity index (χ2n) is 5.04. The molecule has 0 aliphatic rings. The van der Waals surface area contributed by atoms with Gasteiger partial charge in [0.05, 0.1) is 7.11 Å². The van der Waals surface area contributed by atoms with E-state index < -0.39 is 0 Å². The SMILES string of the molecule is CCCNC(Cc1ccccc1OC)c1ccccc1Br. The van der Waals surface area contributed by atoms with Crippen LogP contribution in [-0.4, -0.2) is 13.7 Å². The first-order chi connectivity index (χ1) is 10.3. The van der Waals surface area contributed by atoms with Crippen molar-refractivity contribution in [2.45, 2.75) is 25.8 Å². The minimum absolute atomic E-state index is 0.275. The van der Waals surface area contributed by atoms with Crippen LogP contribution in [0.4, 0.5) is 0 Å². The third-order valence-corrected chi connectivity index (χ3v) is 4.26. The Morgan fingerprint density at radius 1 is 1.10 bits per heavy atom. The zero-order chi connectivity index (χ0) is 15.1. The van der Waals surface area contributed by atoms with Gasteiger partial charge < -0.3 is 10.1 Å². The summed E-state index contributed by atoms with van der Waals surface area (Å²) in [5.74, 6) is 0.952. The number of methoxy groups -OCH3 is 1. The molecule has 0 spiro atoms. The summed E-state index contributed by atoms with van der Waals surface area (Å²) in [5.41, 5.74) is 2.52. The largest absolute Gasteiger partial charge is 0.496 e. The Kier molecular flexibility index (Phi) is 6.27. The number of nitrogens with one attached hydrogen (secondary N) is 1. The number of hydrogen-bond acceptors (Lipinski definition) is 2. The van der Waals surface area contributed by atoms with E-state index in [0.29, 0.717) is 0 Å². The van der Waals surface area contributed by atoms with Crippen molar-refractivity contribution in [1.29, 1.82) is 0 Å². The van der Waals surface area contributed by atoms with Crippen LogP contribution in [0.15, 0.2) is 53.0 Å². The average molecular weight is 348 g/mol. The molecule has 0 saturated heterocycles. The summed E-state index contributed by atoms with van der Waals surface area (Å²) in [7, 11) is 1.73. The number of benzene rings is 2. The van der Waals surface area contributed by atoms with Crippen LogP contribution in [-0.2, 0) is 6.42 Å². The molecule has 2 nitrogen and oxygen atoms in total. The molecule has 0 aromatic heterocycles. The molecule has 0 amide bonds. The zero-order valence-corrected chi connectivity index (χ0v) is 14.2. The first kappa shape index (κ1) is 16.1. The fourth-order valence-corrected chi connectivity index (χ4v) is 3.02. The normalized spacial score (nSPS) is 12.1. The number of hydrogen-bond donors (Lipinski definition) is 1. The smallest absolute Gasteiger partial charge is 0.122 e. The second kappa shape index (κ2) is 8.20. The van der Waals surface area contributed by atoms with Crippen molar-refractivity contribution in [2.75, 3.05) is 13.7 Å². The Hall–Kier alpha value is -1.32. The fourth-order valence-electron chi connectivity index (χ4n) is 2.46. The number of para-hydroxylation sites is 1. The van der Waals surface area contributed by atoms with Crippen LogP contribution in [0.2, 0.25) is 0 Å². The third kappa shape index (κ3) is 4.32. The molecule has 0 saturated carbocycles. The summed E-state index contributed by atoms with van der Waals surface area (Å²) in [5, 5.41) is 3.64. The molecule has 0 fully saturated rings. The summed E-state index contributed by atoms with van der Waals surface area (Å²) in [4.78, 5) is 0. The van der Waals surface area contributed by atoms with E-state index in [4.69, 9.17) is 4.74 Å². The predicted molar refractivity (Wildman–Crippen MR) is 91.9 cm³/mol. The van der Waals surface area contributed by atoms with Gasteiger partial charge in [-0.1, -0.05) is 59.3 Å². The highest BCUT2D eigenvalue weighted by Crippen LogP contribution is 2.29. The topological polar surface area (TPSA) is 21.3 Å². The molecule has 112 valence electrons. The summed E-state index contributed by atoms with van der Waals surface area (Å²) in [6.45, 7) is 3.19. The van der Waals surface area contributed by atoms with Gasteiger partial charge in [-0.3, -0.25) is 0 Å². The monoisotopic (exact) mass is 347 g/mol. The number of ether oxygens (including phenoxy) is 1. The minimum atomic E-state index is 0.275. The lowest BCUT2D eigenvalue weighted by atomic mass is 9.98. The Labute approximate surface area is 135 Å². The summed E-state index contributed by atoms with van der Waals surface area (Å²) in [6, 6.07) is 16.9. The Morgan fingerprint density at radius 3 is 2.52 bits per heavy atom. The molecule has 0 bridgehead atoms. The van der Waals surface area contributed by atoms with Crippen LogP contribution in [0.25, 0.3) is 0 Å². The lowest BCUT2D eigenvalue weighted by Crippen LogP contribution is -2.24. The molecule has 21 heavy (non-hydrogen) atoms. The molecule has 2 rings (SSSR count). The Balaban J connectivity index is 2.26. The van der Waals surface area contributed by atoms with Gasteiger partial charge in [-0.05, 0) is 42.6 Å². The summed E-state index contributed by atoms with van der Waals surface area (Å²) < 4.78 is 6.62. The maximum Gasteiger partial charge on any atom is 0.122 e. The lowest BCUT2D eigenvalue weighted by molar-refractivity contribution is 0.405. The standard InChI is InChI=1S/C18H22BrNO/c1-3-12-20-17(15-9-5-6-10-16(15)19)13-14-8-4-7-11-18(14)21-2/h4-11,17,20H,3,12-13H2,1-2H3. The van der Waals surface area contributed by atoms with Gasteiger partial charge in [-0.15, -0.1) is 0 Å². The van der Waals surface area contributed by atoms with E-state index in [2.05, 4.69) is 58.5 Å². The molecule has 2 aromatic carbocycles. The highest BCUT2D eigenvalue weighted by Gasteiger charge is 2.16. The van der Waals surface area contributed by atoms with E-state index in [1.165, 1.54) is 11.1 Å². The quantitative estimate of drug-likeness (QED) is 0.780. The summed E-state index contributed by atoms with van der Waals surface area (Å²) >= 11 is 3.67. The van der Waals surface area contributed by atoms with Gasteiger partial charge in [0.1, 0.15) is 5.75 Å². The van der Waals surface area contributed by atoms with Gasteiger partial charge in [-0.25, -0.2) is 0 Å². The molecule has 0 aliphatic carbocycles. The van der Waals surface area contributed by atoms with Crippen LogP contribution in [0.1, 0.15) is 30.5 Å². The number of halogens is 1. The van der Waals surface area contributed by atoms with E-state index >= 15 is 0 Å². The van der Waals surface area contributed by atoms with E-state index in [9.17, 15) is 0 Å². The van der Waals surface area contributed by atoms with Gasteiger partial charge in [0.2, 0.25) is 0 Å². The van der Waals surface area contributed by atoms with Gasteiger partial charge in [-0.2, -0.15) is 0 Å². The lowest BCUT2D eigenvalue weighted by Gasteiger charge is -2.21. The van der Waals surface area contributed by atoms with Crippen molar-refractivity contribution in [2.24, 2.45) is 0 Å². The Morgan fingerprint density at radius 2 is 1.81 bits per heavy atom. The van der Waals surface area contributed by atoms with Crippen LogP contribution < -0.4 is 10.1 Å². The first-order valence-corrected chi connectivity index (χ1v) is 8.15. The van der Waals surface area contributed by atoms with Crippen molar-refractivity contribution in [3.05, 3.63) is 64.1 Å². The van der Waals surface area contributed by atoms with E-state index in [1.54, 1.807) is 7.11 Å². The molecule has 0 radical (unpaired) electrons. The highest BCUT2D eigenvalue weighted by atomic mass is 79.9. The van der Waals surface area contributed by atoms with Crippen molar-refractivity contribution in [1.82, 2.24) is 5.32 Å². The molecule has 2 aromatic rings. The minimum Gasteiger partial charge on any atom is -0.496 e. The van der Waals surface area contributed by atoms with E-state index in [0.717, 1.165) is 29.6 Å². The van der Waals surface area contributed by atoms with Crippen molar-refractivity contribution in [3.63, 3.8) is 0 Å². The van der Waals surface area contributed by atoms with E-state index in [-0.39, 0.29) is 6.04 Å². The summed E-state index contributed by atoms with van der Waals surface area (Å²) in [6.07, 6.45) is 2.03. The third-order valence-electron chi connectivity index (χ3n) is 3.54. The molecule has 0 aliphatic heterocycles. The molecule has 0 heterocycles. The van der Waals surface area contributed by atoms with Crippen molar-refractivity contribution >= 4 is 15.9 Å². The van der Waals surface area contributed by atoms with Crippen molar-refractivity contribution < 1.29 is 4.74 Å². The maximum absolute atomic E-state index is 5.48. The molecule has 1 N–H and O–H groups in total. The zero-order valence-electron chi connectivity index (χ0n) is 12.6. The van der Waals surface area contributed by atoms with Crippen LogP contribution in [0.5, 0.6) is 5.75 Å². The maximum atomic E-state index is 5.48. The van der Waals surface area contributed by atoms with Gasteiger partial charge >= 0.3 is 0 Å². The molecular weight excluding hydrogens is 326 g/mol. The molecule has 1 unspecified atom stereocenters. The molecule has 1 atom stereocenters. The molecular formula is C18H22BrNO. The second-order valence-corrected chi connectivity index (χ2v) is 5.90. The highest BCUT2D eigenvalue weighted by molar-refractivity contribution is 9.10.